The predicted octanol–water partition coefficient (Wildman–Crippen LogP) is 1.85. The van der Waals surface area contributed by atoms with E-state index in [1.807, 2.05) is 6.92 Å². The summed E-state index contributed by atoms with van der Waals surface area (Å²) in [6.45, 7) is 2.57. The number of carbonyl (C=O) groups is 1. The SMILES string of the molecule is CC(N)CCCC(=O)OCCC1CC1. The van der Waals surface area contributed by atoms with Crippen molar-refractivity contribution in [1.82, 2.24) is 0 Å². The van der Waals surface area contributed by atoms with Gasteiger partial charge in [-0.1, -0.05) is 12.8 Å². The van der Waals surface area contributed by atoms with Gasteiger partial charge >= 0.3 is 5.97 Å². The fraction of sp³-hybridized carbons (Fsp3) is 0.909. The minimum Gasteiger partial charge on any atom is -0.466 e. The first-order valence-corrected chi connectivity index (χ1v) is 5.59. The van der Waals surface area contributed by atoms with Crippen molar-refractivity contribution in [3.05, 3.63) is 0 Å². The van der Waals surface area contributed by atoms with Gasteiger partial charge in [-0.05, 0) is 32.1 Å². The highest BCUT2D eigenvalue weighted by atomic mass is 16.5. The molecule has 0 aromatic carbocycles. The summed E-state index contributed by atoms with van der Waals surface area (Å²) in [7, 11) is 0. The summed E-state index contributed by atoms with van der Waals surface area (Å²) in [6, 6.07) is 0.189. The lowest BCUT2D eigenvalue weighted by Crippen LogP contribution is -2.15. The van der Waals surface area contributed by atoms with Crippen LogP contribution in [0, 0.1) is 5.92 Å². The first-order chi connectivity index (χ1) is 6.68. The minimum atomic E-state index is -0.0636. The third kappa shape index (κ3) is 5.97. The van der Waals surface area contributed by atoms with Gasteiger partial charge in [-0.3, -0.25) is 4.79 Å². The summed E-state index contributed by atoms with van der Waals surface area (Å²) in [5, 5.41) is 0. The van der Waals surface area contributed by atoms with E-state index in [2.05, 4.69) is 0 Å². The van der Waals surface area contributed by atoms with Crippen LogP contribution in [0.2, 0.25) is 0 Å². The average molecular weight is 199 g/mol. The van der Waals surface area contributed by atoms with Crippen LogP contribution >= 0.6 is 0 Å². The zero-order valence-electron chi connectivity index (χ0n) is 9.00. The molecule has 0 radical (unpaired) electrons. The van der Waals surface area contributed by atoms with Crippen LogP contribution in [0.5, 0.6) is 0 Å². The first kappa shape index (κ1) is 11.5. The van der Waals surface area contributed by atoms with Crippen LogP contribution in [0.3, 0.4) is 0 Å². The van der Waals surface area contributed by atoms with E-state index in [9.17, 15) is 4.79 Å². The summed E-state index contributed by atoms with van der Waals surface area (Å²) in [5.74, 6) is 0.776. The Morgan fingerprint density at radius 1 is 1.57 bits per heavy atom. The number of ether oxygens (including phenoxy) is 1. The second-order valence-corrected chi connectivity index (χ2v) is 4.32. The Morgan fingerprint density at radius 2 is 2.29 bits per heavy atom. The Balaban J connectivity index is 1.87. The Morgan fingerprint density at radius 3 is 2.86 bits per heavy atom. The molecule has 0 saturated heterocycles. The maximum absolute atomic E-state index is 11.2. The normalized spacial score (nSPS) is 17.9. The van der Waals surface area contributed by atoms with Gasteiger partial charge in [0.05, 0.1) is 6.61 Å². The monoisotopic (exact) mass is 199 g/mol. The van der Waals surface area contributed by atoms with E-state index >= 15 is 0 Å². The van der Waals surface area contributed by atoms with Gasteiger partial charge < -0.3 is 10.5 Å². The van der Waals surface area contributed by atoms with Gasteiger partial charge in [0.2, 0.25) is 0 Å². The molecule has 0 aromatic rings. The molecule has 1 unspecified atom stereocenters. The van der Waals surface area contributed by atoms with Gasteiger partial charge in [-0.25, -0.2) is 0 Å². The van der Waals surface area contributed by atoms with Crippen molar-refractivity contribution in [1.29, 1.82) is 0 Å². The molecule has 1 fully saturated rings. The van der Waals surface area contributed by atoms with E-state index in [1.54, 1.807) is 0 Å². The van der Waals surface area contributed by atoms with E-state index < -0.39 is 0 Å². The van der Waals surface area contributed by atoms with Crippen molar-refractivity contribution in [3.8, 4) is 0 Å². The van der Waals surface area contributed by atoms with Crippen molar-refractivity contribution >= 4 is 5.97 Å². The lowest BCUT2D eigenvalue weighted by Gasteiger charge is -2.05. The van der Waals surface area contributed by atoms with Crippen molar-refractivity contribution in [3.63, 3.8) is 0 Å². The van der Waals surface area contributed by atoms with E-state index in [1.165, 1.54) is 12.8 Å². The molecular weight excluding hydrogens is 178 g/mol. The van der Waals surface area contributed by atoms with Crippen molar-refractivity contribution in [2.45, 2.75) is 51.5 Å². The standard InChI is InChI=1S/C11H21NO2/c1-9(12)3-2-4-11(13)14-8-7-10-5-6-10/h9-10H,2-8,12H2,1H3. The van der Waals surface area contributed by atoms with Crippen LogP contribution in [0.4, 0.5) is 0 Å². The Bertz CT molecular complexity index is 166. The van der Waals surface area contributed by atoms with E-state index in [-0.39, 0.29) is 12.0 Å². The molecule has 0 spiro atoms. The molecule has 1 aliphatic carbocycles. The van der Waals surface area contributed by atoms with Crippen molar-refractivity contribution in [2.75, 3.05) is 6.61 Å². The quantitative estimate of drug-likeness (QED) is 0.637. The van der Waals surface area contributed by atoms with Gasteiger partial charge in [0, 0.05) is 12.5 Å². The van der Waals surface area contributed by atoms with Gasteiger partial charge in [0.25, 0.3) is 0 Å². The maximum Gasteiger partial charge on any atom is 0.305 e. The highest BCUT2D eigenvalue weighted by Crippen LogP contribution is 2.32. The number of carbonyl (C=O) groups excluding carboxylic acids is 1. The highest BCUT2D eigenvalue weighted by Gasteiger charge is 2.21. The molecule has 3 heteroatoms. The predicted molar refractivity (Wildman–Crippen MR) is 55.8 cm³/mol. The summed E-state index contributed by atoms with van der Waals surface area (Å²) in [5.41, 5.74) is 5.57. The van der Waals surface area contributed by atoms with Gasteiger partial charge in [0.1, 0.15) is 0 Å². The van der Waals surface area contributed by atoms with E-state index in [0.29, 0.717) is 13.0 Å². The second kappa shape index (κ2) is 6.02. The maximum atomic E-state index is 11.2. The van der Waals surface area contributed by atoms with Gasteiger partial charge in [0.15, 0.2) is 0 Å². The van der Waals surface area contributed by atoms with Crippen LogP contribution in [0.25, 0.3) is 0 Å². The van der Waals surface area contributed by atoms with Crippen LogP contribution in [0.1, 0.15) is 45.4 Å². The van der Waals surface area contributed by atoms with Crippen LogP contribution < -0.4 is 5.73 Å². The van der Waals surface area contributed by atoms with Crippen molar-refractivity contribution < 1.29 is 9.53 Å². The molecule has 1 rings (SSSR count). The topological polar surface area (TPSA) is 52.3 Å². The summed E-state index contributed by atoms with van der Waals surface area (Å²) in [4.78, 5) is 11.2. The largest absolute Gasteiger partial charge is 0.466 e. The molecule has 1 aliphatic rings. The van der Waals surface area contributed by atoms with E-state index in [0.717, 1.165) is 25.2 Å². The molecule has 82 valence electrons. The number of hydrogen-bond acceptors (Lipinski definition) is 3. The third-order valence-electron chi connectivity index (χ3n) is 2.53. The molecule has 0 bridgehead atoms. The lowest BCUT2D eigenvalue weighted by atomic mass is 10.1. The molecule has 1 atom stereocenters. The Labute approximate surface area is 86.0 Å². The van der Waals surface area contributed by atoms with Gasteiger partial charge in [-0.2, -0.15) is 0 Å². The fourth-order valence-electron chi connectivity index (χ4n) is 1.39. The number of nitrogens with two attached hydrogens (primary N) is 1. The molecule has 0 amide bonds. The molecule has 3 nitrogen and oxygen atoms in total. The smallest absolute Gasteiger partial charge is 0.305 e. The average Bonchev–Trinajstić information content (AvgIpc) is 2.87. The fourth-order valence-corrected chi connectivity index (χ4v) is 1.39. The summed E-state index contributed by atoms with van der Waals surface area (Å²) < 4.78 is 5.09. The molecule has 0 aliphatic heterocycles. The summed E-state index contributed by atoms with van der Waals surface area (Å²) >= 11 is 0. The zero-order chi connectivity index (χ0) is 10.4. The van der Waals surface area contributed by atoms with Crippen molar-refractivity contribution in [2.24, 2.45) is 11.7 Å². The van der Waals surface area contributed by atoms with Crippen LogP contribution in [-0.4, -0.2) is 18.6 Å². The molecule has 0 aromatic heterocycles. The third-order valence-corrected chi connectivity index (χ3v) is 2.53. The molecular formula is C11H21NO2. The number of esters is 1. The lowest BCUT2D eigenvalue weighted by molar-refractivity contribution is -0.143. The van der Waals surface area contributed by atoms with Crippen LogP contribution in [0.15, 0.2) is 0 Å². The zero-order valence-corrected chi connectivity index (χ0v) is 9.00. The van der Waals surface area contributed by atoms with Crippen LogP contribution in [-0.2, 0) is 9.53 Å². The summed E-state index contributed by atoms with van der Waals surface area (Å²) in [6.07, 6.45) is 5.97. The van der Waals surface area contributed by atoms with E-state index in [4.69, 9.17) is 10.5 Å². The number of hydrogen-bond donors (Lipinski definition) is 1. The second-order valence-electron chi connectivity index (χ2n) is 4.32. The first-order valence-electron chi connectivity index (χ1n) is 5.59. The number of rotatable bonds is 7. The Hall–Kier alpha value is -0.570. The molecule has 14 heavy (non-hydrogen) atoms. The Kier molecular flexibility index (Phi) is 4.94. The highest BCUT2D eigenvalue weighted by molar-refractivity contribution is 5.69. The molecule has 0 heterocycles. The minimum absolute atomic E-state index is 0.0636. The van der Waals surface area contributed by atoms with Gasteiger partial charge in [-0.15, -0.1) is 0 Å². The molecule has 1 saturated carbocycles. The molecule has 2 N–H and O–H groups in total.